The zero-order chi connectivity index (χ0) is 21.0. The van der Waals surface area contributed by atoms with E-state index in [0.29, 0.717) is 0 Å². The molecule has 1 saturated carbocycles. The molecule has 3 rings (SSSR count). The van der Waals surface area contributed by atoms with Crippen LogP contribution in [0.5, 0.6) is 0 Å². The highest BCUT2D eigenvalue weighted by molar-refractivity contribution is 7.89. The summed E-state index contributed by atoms with van der Waals surface area (Å²) in [5.74, 6) is -0.642. The lowest BCUT2D eigenvalue weighted by atomic mass is 9.96. The summed E-state index contributed by atoms with van der Waals surface area (Å²) in [6.45, 7) is 0. The zero-order valence-electron chi connectivity index (χ0n) is 15.9. The van der Waals surface area contributed by atoms with Gasteiger partial charge in [-0.25, -0.2) is 8.42 Å². The average Bonchev–Trinajstić information content (AvgIpc) is 2.74. The number of pyridine rings is 1. The van der Waals surface area contributed by atoms with E-state index >= 15 is 0 Å². The van der Waals surface area contributed by atoms with Crippen LogP contribution in [0.25, 0.3) is 0 Å². The number of rotatable bonds is 6. The van der Waals surface area contributed by atoms with Gasteiger partial charge in [0.1, 0.15) is 11.9 Å². The van der Waals surface area contributed by atoms with Gasteiger partial charge in [-0.15, -0.1) is 0 Å². The minimum absolute atomic E-state index is 0.0115. The molecule has 0 radical (unpaired) electrons. The van der Waals surface area contributed by atoms with E-state index in [2.05, 4.69) is 10.3 Å². The van der Waals surface area contributed by atoms with Crippen molar-refractivity contribution in [3.8, 4) is 0 Å². The lowest BCUT2D eigenvalue weighted by Gasteiger charge is -2.30. The first-order valence-electron chi connectivity index (χ1n) is 9.28. The predicted octanol–water partition coefficient (Wildman–Crippen LogP) is 3.20. The molecule has 0 unspecified atom stereocenters. The highest BCUT2D eigenvalue weighted by Gasteiger charge is 2.29. The Morgan fingerprint density at radius 3 is 2.66 bits per heavy atom. The molecule has 1 N–H and O–H groups in total. The van der Waals surface area contributed by atoms with Gasteiger partial charge in [0, 0.05) is 24.8 Å². The molecule has 10 heteroatoms. The van der Waals surface area contributed by atoms with Gasteiger partial charge in [0.15, 0.2) is 0 Å². The number of aromatic nitrogens is 1. The largest absolute Gasteiger partial charge is 0.316 e. The summed E-state index contributed by atoms with van der Waals surface area (Å²) < 4.78 is 27.4. The van der Waals surface area contributed by atoms with E-state index in [4.69, 9.17) is 0 Å². The van der Waals surface area contributed by atoms with Gasteiger partial charge in [-0.1, -0.05) is 25.3 Å². The van der Waals surface area contributed by atoms with Crippen LogP contribution < -0.4 is 5.32 Å². The summed E-state index contributed by atoms with van der Waals surface area (Å²) in [6, 6.07) is 6.94. The summed E-state index contributed by atoms with van der Waals surface area (Å²) >= 11 is 0. The second-order valence-electron chi connectivity index (χ2n) is 6.94. The molecular weight excluding hydrogens is 396 g/mol. The molecule has 1 aromatic carbocycles. The molecule has 0 saturated heterocycles. The average molecular weight is 418 g/mol. The lowest BCUT2D eigenvalue weighted by Crippen LogP contribution is -2.38. The van der Waals surface area contributed by atoms with E-state index in [1.54, 1.807) is 7.05 Å². The molecule has 1 aliphatic rings. The number of amides is 1. The number of hydrogen-bond acceptors (Lipinski definition) is 6. The smallest absolute Gasteiger partial charge is 0.310 e. The highest BCUT2D eigenvalue weighted by Crippen LogP contribution is 2.27. The molecule has 1 aromatic heterocycles. The Kier molecular flexibility index (Phi) is 6.23. The van der Waals surface area contributed by atoms with Crippen LogP contribution >= 0.6 is 0 Å². The minimum Gasteiger partial charge on any atom is -0.316 e. The van der Waals surface area contributed by atoms with Crippen LogP contribution in [0.4, 0.5) is 11.4 Å². The highest BCUT2D eigenvalue weighted by atomic mass is 32.2. The summed E-state index contributed by atoms with van der Waals surface area (Å²) in [6.07, 6.45) is 7.11. The minimum atomic E-state index is -3.75. The summed E-state index contributed by atoms with van der Waals surface area (Å²) in [5.41, 5.74) is -0.265. The van der Waals surface area contributed by atoms with Crippen molar-refractivity contribution in [2.75, 3.05) is 12.4 Å². The Morgan fingerprint density at radius 1 is 1.24 bits per heavy atom. The number of nitrogens with zero attached hydrogens (tertiary/aromatic N) is 3. The standard InChI is InChI=1S/C19H22N4O5S/c1-22(15-7-3-2-4-8-15)29(27,28)16-9-5-6-14(12-16)19(24)21-17-10-11-20-13-18(17)23(25)26/h5-6,9-13,15H,2-4,7-8H2,1H3,(H,20,21,24). The Hall–Kier alpha value is -2.85. The maximum Gasteiger partial charge on any atom is 0.310 e. The number of carbonyl (C=O) groups is 1. The van der Waals surface area contributed by atoms with Crippen molar-refractivity contribution >= 4 is 27.3 Å². The number of benzene rings is 1. The van der Waals surface area contributed by atoms with Gasteiger partial charge in [0.05, 0.1) is 9.82 Å². The van der Waals surface area contributed by atoms with Crippen LogP contribution in [0, 0.1) is 10.1 Å². The number of nitro groups is 1. The molecule has 0 bridgehead atoms. The second kappa shape index (κ2) is 8.66. The van der Waals surface area contributed by atoms with Crippen molar-refractivity contribution in [2.45, 2.75) is 43.0 Å². The Morgan fingerprint density at radius 2 is 1.97 bits per heavy atom. The Balaban J connectivity index is 1.83. The Labute approximate surface area is 169 Å². The van der Waals surface area contributed by atoms with Crippen LogP contribution in [-0.2, 0) is 10.0 Å². The van der Waals surface area contributed by atoms with Gasteiger partial charge in [-0.05, 0) is 37.1 Å². The summed E-state index contributed by atoms with van der Waals surface area (Å²) in [7, 11) is -2.19. The maximum absolute atomic E-state index is 13.0. The monoisotopic (exact) mass is 418 g/mol. The molecule has 0 spiro atoms. The molecular formula is C19H22N4O5S. The molecule has 154 valence electrons. The topological polar surface area (TPSA) is 123 Å². The maximum atomic E-state index is 13.0. The second-order valence-corrected chi connectivity index (χ2v) is 8.94. The van der Waals surface area contributed by atoms with Gasteiger partial charge in [-0.2, -0.15) is 4.31 Å². The first-order valence-corrected chi connectivity index (χ1v) is 10.7. The number of hydrogen-bond donors (Lipinski definition) is 1. The number of nitrogens with one attached hydrogen (secondary N) is 1. The van der Waals surface area contributed by atoms with E-state index < -0.39 is 20.9 Å². The normalized spacial score (nSPS) is 15.2. The van der Waals surface area contributed by atoms with Crippen molar-refractivity contribution in [1.29, 1.82) is 0 Å². The molecule has 0 aliphatic heterocycles. The van der Waals surface area contributed by atoms with E-state index in [-0.39, 0.29) is 27.9 Å². The summed E-state index contributed by atoms with van der Waals surface area (Å²) in [5, 5.41) is 13.5. The van der Waals surface area contributed by atoms with E-state index in [0.717, 1.165) is 38.3 Å². The quantitative estimate of drug-likeness (QED) is 0.568. The van der Waals surface area contributed by atoms with Crippen LogP contribution in [0.15, 0.2) is 47.6 Å². The lowest BCUT2D eigenvalue weighted by molar-refractivity contribution is -0.384. The molecule has 1 amide bonds. The number of anilines is 1. The molecule has 0 atom stereocenters. The Bertz CT molecular complexity index is 1020. The van der Waals surface area contributed by atoms with Gasteiger partial charge in [0.2, 0.25) is 10.0 Å². The number of sulfonamides is 1. The first-order chi connectivity index (χ1) is 13.8. The van der Waals surface area contributed by atoms with Gasteiger partial charge in [-0.3, -0.25) is 19.9 Å². The summed E-state index contributed by atoms with van der Waals surface area (Å²) in [4.78, 5) is 26.7. The molecule has 29 heavy (non-hydrogen) atoms. The first kappa shape index (κ1) is 20.9. The van der Waals surface area contributed by atoms with Gasteiger partial charge in [0.25, 0.3) is 5.91 Å². The molecule has 2 aromatic rings. The SMILES string of the molecule is CN(C1CCCCC1)S(=O)(=O)c1cccc(C(=O)Nc2ccncc2[N+](=O)[O-])c1. The predicted molar refractivity (Wildman–Crippen MR) is 107 cm³/mol. The third-order valence-electron chi connectivity index (χ3n) is 5.11. The fourth-order valence-corrected chi connectivity index (χ4v) is 4.90. The van der Waals surface area contributed by atoms with Crippen LogP contribution in [0.2, 0.25) is 0 Å². The van der Waals surface area contributed by atoms with E-state index in [9.17, 15) is 23.3 Å². The van der Waals surface area contributed by atoms with Crippen molar-refractivity contribution in [3.05, 3.63) is 58.4 Å². The van der Waals surface area contributed by atoms with E-state index in [1.807, 2.05) is 0 Å². The zero-order valence-corrected chi connectivity index (χ0v) is 16.8. The fraction of sp³-hybridized carbons (Fsp3) is 0.368. The van der Waals surface area contributed by atoms with Gasteiger partial charge >= 0.3 is 5.69 Å². The van der Waals surface area contributed by atoms with Crippen molar-refractivity contribution in [1.82, 2.24) is 9.29 Å². The third kappa shape index (κ3) is 4.60. The van der Waals surface area contributed by atoms with E-state index in [1.165, 1.54) is 40.8 Å². The molecule has 1 fully saturated rings. The van der Waals surface area contributed by atoms with Crippen LogP contribution in [0.3, 0.4) is 0 Å². The van der Waals surface area contributed by atoms with Crippen molar-refractivity contribution in [3.63, 3.8) is 0 Å². The van der Waals surface area contributed by atoms with Crippen molar-refractivity contribution in [2.24, 2.45) is 0 Å². The molecule has 1 aliphatic carbocycles. The third-order valence-corrected chi connectivity index (χ3v) is 7.01. The fourth-order valence-electron chi connectivity index (χ4n) is 3.44. The number of carbonyl (C=O) groups excluding carboxylic acids is 1. The van der Waals surface area contributed by atoms with Crippen molar-refractivity contribution < 1.29 is 18.1 Å². The molecule has 1 heterocycles. The van der Waals surface area contributed by atoms with Crippen LogP contribution in [0.1, 0.15) is 42.5 Å². The molecule has 9 nitrogen and oxygen atoms in total. The van der Waals surface area contributed by atoms with Gasteiger partial charge < -0.3 is 5.32 Å². The van der Waals surface area contributed by atoms with Crippen LogP contribution in [-0.4, -0.2) is 41.6 Å².